The van der Waals surface area contributed by atoms with Gasteiger partial charge in [0.1, 0.15) is 0 Å². The second kappa shape index (κ2) is 5.07. The smallest absolute Gasteiger partial charge is 0.251 e. The van der Waals surface area contributed by atoms with E-state index in [9.17, 15) is 4.79 Å². The number of amides is 1. The highest BCUT2D eigenvalue weighted by Crippen LogP contribution is 2.39. The van der Waals surface area contributed by atoms with Gasteiger partial charge in [0, 0.05) is 17.1 Å². The monoisotopic (exact) mass is 252 g/mol. The first-order chi connectivity index (χ1) is 8.15. The maximum Gasteiger partial charge on any atom is 0.251 e. The van der Waals surface area contributed by atoms with Crippen molar-refractivity contribution in [3.05, 3.63) is 34.9 Å². The number of hydrogen-bond donors (Lipinski definition) is 2. The molecule has 4 heteroatoms. The van der Waals surface area contributed by atoms with Gasteiger partial charge in [-0.3, -0.25) is 4.79 Å². The van der Waals surface area contributed by atoms with Gasteiger partial charge < -0.3 is 11.1 Å². The van der Waals surface area contributed by atoms with Crippen molar-refractivity contribution in [2.45, 2.75) is 19.3 Å². The van der Waals surface area contributed by atoms with Crippen molar-refractivity contribution in [1.29, 1.82) is 0 Å². The lowest BCUT2D eigenvalue weighted by atomic mass is 9.69. The van der Waals surface area contributed by atoms with Crippen molar-refractivity contribution in [1.82, 2.24) is 5.32 Å². The number of benzene rings is 1. The molecule has 1 amide bonds. The van der Waals surface area contributed by atoms with Crippen LogP contribution in [0.1, 0.15) is 29.6 Å². The predicted molar refractivity (Wildman–Crippen MR) is 69.1 cm³/mol. The highest BCUT2D eigenvalue weighted by Gasteiger charge is 2.35. The van der Waals surface area contributed by atoms with Crippen molar-refractivity contribution < 1.29 is 4.79 Å². The summed E-state index contributed by atoms with van der Waals surface area (Å²) in [6, 6.07) is 6.90. The number of nitrogens with two attached hydrogens (primary N) is 1. The van der Waals surface area contributed by atoms with Crippen molar-refractivity contribution in [2.24, 2.45) is 11.1 Å². The van der Waals surface area contributed by atoms with Crippen LogP contribution < -0.4 is 11.1 Å². The van der Waals surface area contributed by atoms with Gasteiger partial charge in [0.05, 0.1) is 0 Å². The lowest BCUT2D eigenvalue weighted by Gasteiger charge is -2.41. The summed E-state index contributed by atoms with van der Waals surface area (Å²) in [5.41, 5.74) is 6.53. The highest BCUT2D eigenvalue weighted by molar-refractivity contribution is 6.30. The molecule has 0 atom stereocenters. The van der Waals surface area contributed by atoms with Gasteiger partial charge in [0.25, 0.3) is 5.91 Å². The summed E-state index contributed by atoms with van der Waals surface area (Å²) in [6.45, 7) is 1.32. The Labute approximate surface area is 106 Å². The summed E-state index contributed by atoms with van der Waals surface area (Å²) in [5, 5.41) is 3.59. The molecular formula is C13H17ClN2O. The molecule has 0 spiro atoms. The maximum absolute atomic E-state index is 11.9. The Kier molecular flexibility index (Phi) is 3.69. The summed E-state index contributed by atoms with van der Waals surface area (Å²) in [4.78, 5) is 11.9. The Bertz CT molecular complexity index is 393. The van der Waals surface area contributed by atoms with Gasteiger partial charge in [-0.05, 0) is 49.1 Å². The number of nitrogens with one attached hydrogen (secondary N) is 1. The molecule has 0 unspecified atom stereocenters. The molecule has 17 heavy (non-hydrogen) atoms. The molecule has 1 aliphatic carbocycles. The van der Waals surface area contributed by atoms with Crippen LogP contribution in [0.25, 0.3) is 0 Å². The standard InChI is InChI=1S/C13H17ClN2O/c14-11-4-2-10(3-5-11)12(17)16-9-13(8-15)6-1-7-13/h2-5H,1,6-9,15H2,(H,16,17). The van der Waals surface area contributed by atoms with Gasteiger partial charge in [-0.25, -0.2) is 0 Å². The van der Waals surface area contributed by atoms with E-state index in [1.165, 1.54) is 6.42 Å². The quantitative estimate of drug-likeness (QED) is 0.863. The Morgan fingerprint density at radius 1 is 1.35 bits per heavy atom. The average molecular weight is 253 g/mol. The molecule has 0 aliphatic heterocycles. The van der Waals surface area contributed by atoms with Gasteiger partial charge in [-0.15, -0.1) is 0 Å². The Hall–Kier alpha value is -1.06. The molecule has 1 fully saturated rings. The fourth-order valence-corrected chi connectivity index (χ4v) is 2.23. The van der Waals surface area contributed by atoms with Crippen LogP contribution in [0.5, 0.6) is 0 Å². The highest BCUT2D eigenvalue weighted by atomic mass is 35.5. The number of carbonyl (C=O) groups is 1. The van der Waals surface area contributed by atoms with E-state index >= 15 is 0 Å². The van der Waals surface area contributed by atoms with Crippen LogP contribution in [0, 0.1) is 5.41 Å². The molecule has 0 bridgehead atoms. The zero-order valence-corrected chi connectivity index (χ0v) is 10.5. The average Bonchev–Trinajstić information content (AvgIpc) is 2.29. The third kappa shape index (κ3) is 2.79. The van der Waals surface area contributed by atoms with Crippen LogP contribution in [-0.4, -0.2) is 19.0 Å². The van der Waals surface area contributed by atoms with E-state index in [0.717, 1.165) is 12.8 Å². The zero-order chi connectivity index (χ0) is 12.3. The number of hydrogen-bond acceptors (Lipinski definition) is 2. The molecule has 0 aromatic heterocycles. The minimum Gasteiger partial charge on any atom is -0.351 e. The maximum atomic E-state index is 11.9. The van der Waals surface area contributed by atoms with E-state index in [-0.39, 0.29) is 11.3 Å². The first-order valence-electron chi connectivity index (χ1n) is 5.89. The van der Waals surface area contributed by atoms with Gasteiger partial charge in [-0.2, -0.15) is 0 Å². The Morgan fingerprint density at radius 2 is 2.00 bits per heavy atom. The molecule has 3 N–H and O–H groups in total. The third-order valence-corrected chi connectivity index (χ3v) is 3.83. The van der Waals surface area contributed by atoms with Crippen molar-refractivity contribution in [3.8, 4) is 0 Å². The molecule has 0 heterocycles. The van der Waals surface area contributed by atoms with Crippen LogP contribution in [0.2, 0.25) is 5.02 Å². The first kappa shape index (κ1) is 12.4. The number of rotatable bonds is 4. The lowest BCUT2D eigenvalue weighted by molar-refractivity contribution is 0.0876. The third-order valence-electron chi connectivity index (χ3n) is 3.58. The largest absolute Gasteiger partial charge is 0.351 e. The normalized spacial score (nSPS) is 17.3. The fraction of sp³-hybridized carbons (Fsp3) is 0.462. The number of halogens is 1. The van der Waals surface area contributed by atoms with Crippen LogP contribution in [0.15, 0.2) is 24.3 Å². The van der Waals surface area contributed by atoms with E-state index in [0.29, 0.717) is 23.7 Å². The molecular weight excluding hydrogens is 236 g/mol. The summed E-state index contributed by atoms with van der Waals surface area (Å²) >= 11 is 5.77. The number of carbonyl (C=O) groups excluding carboxylic acids is 1. The summed E-state index contributed by atoms with van der Waals surface area (Å²) in [5.74, 6) is -0.0543. The predicted octanol–water partition coefficient (Wildman–Crippen LogP) is 2.20. The van der Waals surface area contributed by atoms with Gasteiger partial charge >= 0.3 is 0 Å². The van der Waals surface area contributed by atoms with Crippen LogP contribution in [0.4, 0.5) is 0 Å². The summed E-state index contributed by atoms with van der Waals surface area (Å²) in [7, 11) is 0. The molecule has 2 rings (SSSR count). The van der Waals surface area contributed by atoms with E-state index < -0.39 is 0 Å². The molecule has 1 aromatic carbocycles. The Morgan fingerprint density at radius 3 is 2.47 bits per heavy atom. The Balaban J connectivity index is 1.91. The van der Waals surface area contributed by atoms with Crippen LogP contribution in [-0.2, 0) is 0 Å². The SMILES string of the molecule is NCC1(CNC(=O)c2ccc(Cl)cc2)CCC1. The molecule has 0 saturated heterocycles. The molecule has 1 saturated carbocycles. The van der Waals surface area contributed by atoms with E-state index in [4.69, 9.17) is 17.3 Å². The minimum absolute atomic E-state index is 0.0543. The molecule has 3 nitrogen and oxygen atoms in total. The van der Waals surface area contributed by atoms with E-state index in [1.54, 1.807) is 24.3 Å². The topological polar surface area (TPSA) is 55.1 Å². The van der Waals surface area contributed by atoms with Crippen LogP contribution in [0.3, 0.4) is 0 Å². The van der Waals surface area contributed by atoms with Gasteiger partial charge in [-0.1, -0.05) is 18.0 Å². The summed E-state index contributed by atoms with van der Waals surface area (Å²) in [6.07, 6.45) is 3.45. The van der Waals surface area contributed by atoms with Gasteiger partial charge in [0.15, 0.2) is 0 Å². The van der Waals surface area contributed by atoms with Crippen molar-refractivity contribution >= 4 is 17.5 Å². The molecule has 0 radical (unpaired) electrons. The van der Waals surface area contributed by atoms with E-state index in [1.807, 2.05) is 0 Å². The second-order valence-corrected chi connectivity index (χ2v) is 5.18. The lowest BCUT2D eigenvalue weighted by Crippen LogP contribution is -2.46. The molecule has 92 valence electrons. The molecule has 1 aromatic rings. The van der Waals surface area contributed by atoms with Crippen molar-refractivity contribution in [2.75, 3.05) is 13.1 Å². The minimum atomic E-state index is -0.0543. The van der Waals surface area contributed by atoms with Crippen molar-refractivity contribution in [3.63, 3.8) is 0 Å². The first-order valence-corrected chi connectivity index (χ1v) is 6.27. The fourth-order valence-electron chi connectivity index (χ4n) is 2.10. The summed E-state index contributed by atoms with van der Waals surface area (Å²) < 4.78 is 0. The van der Waals surface area contributed by atoms with Gasteiger partial charge in [0.2, 0.25) is 0 Å². The molecule has 1 aliphatic rings. The van der Waals surface area contributed by atoms with E-state index in [2.05, 4.69) is 5.32 Å². The van der Waals surface area contributed by atoms with Crippen LogP contribution >= 0.6 is 11.6 Å². The second-order valence-electron chi connectivity index (χ2n) is 4.75. The zero-order valence-electron chi connectivity index (χ0n) is 9.71.